The average Bonchev–Trinajstić information content (AvgIpc) is 2.60. The Labute approximate surface area is 110 Å². The van der Waals surface area contributed by atoms with E-state index >= 15 is 0 Å². The largest absolute Gasteiger partial charge is 0.475 e. The van der Waals surface area contributed by atoms with Gasteiger partial charge in [0.2, 0.25) is 21.7 Å². The van der Waals surface area contributed by atoms with Gasteiger partial charge in [0.15, 0.2) is 4.67 Å². The molecule has 0 saturated carbocycles. The van der Waals surface area contributed by atoms with Crippen LogP contribution in [0.4, 0.5) is 0 Å². The predicted octanol–water partition coefficient (Wildman–Crippen LogP) is -0.106. The number of hydrogen-bond acceptors (Lipinski definition) is 5. The fourth-order valence-electron chi connectivity index (χ4n) is 1.03. The molecule has 4 N–H and O–H groups in total. The highest BCUT2D eigenvalue weighted by atomic mass is 79.9. The van der Waals surface area contributed by atoms with Gasteiger partial charge in [-0.2, -0.15) is 0 Å². The second kappa shape index (κ2) is 5.50. The number of rotatable bonds is 6. The molecule has 0 saturated heterocycles. The molecule has 100 valence electrons. The number of nitrogens with one attached hydrogen (secondary N) is 1. The van der Waals surface area contributed by atoms with E-state index in [-0.39, 0.29) is 22.5 Å². The lowest BCUT2D eigenvalue weighted by Crippen LogP contribution is -2.28. The molecule has 0 bridgehead atoms. The normalized spacial score (nSPS) is 11.4. The Morgan fingerprint density at radius 3 is 2.56 bits per heavy atom. The van der Waals surface area contributed by atoms with Gasteiger partial charge in [-0.25, -0.2) is 17.9 Å². The molecule has 1 rings (SSSR count). The van der Waals surface area contributed by atoms with E-state index in [9.17, 15) is 18.0 Å². The number of nitrogens with two attached hydrogens (primary N) is 1. The van der Waals surface area contributed by atoms with E-state index in [0.29, 0.717) is 0 Å². The number of furan rings is 1. The van der Waals surface area contributed by atoms with Gasteiger partial charge in [0.1, 0.15) is 4.90 Å². The molecule has 18 heavy (non-hydrogen) atoms. The van der Waals surface area contributed by atoms with Crippen LogP contribution in [-0.4, -0.2) is 31.9 Å². The maximum absolute atomic E-state index is 11.7. The molecule has 10 heteroatoms. The first-order valence-electron chi connectivity index (χ1n) is 4.54. The summed E-state index contributed by atoms with van der Waals surface area (Å²) >= 11 is 2.80. The monoisotopic (exact) mass is 340 g/mol. The van der Waals surface area contributed by atoms with Gasteiger partial charge in [-0.05, 0) is 15.9 Å². The van der Waals surface area contributed by atoms with Crippen LogP contribution in [0.3, 0.4) is 0 Å². The van der Waals surface area contributed by atoms with Crippen molar-refractivity contribution in [3.63, 3.8) is 0 Å². The summed E-state index contributed by atoms with van der Waals surface area (Å²) in [6, 6.07) is 0.860. The number of aromatic carboxylic acids is 1. The fraction of sp³-hybridized carbons (Fsp3) is 0.250. The summed E-state index contributed by atoms with van der Waals surface area (Å²) in [6.07, 6.45) is -0.166. The van der Waals surface area contributed by atoms with Crippen molar-refractivity contribution in [3.8, 4) is 0 Å². The second-order valence-electron chi connectivity index (χ2n) is 3.17. The van der Waals surface area contributed by atoms with Gasteiger partial charge in [0, 0.05) is 19.0 Å². The minimum absolute atomic E-state index is 0.166. The van der Waals surface area contributed by atoms with Gasteiger partial charge in [-0.1, -0.05) is 0 Å². The van der Waals surface area contributed by atoms with Gasteiger partial charge in [-0.3, -0.25) is 4.79 Å². The van der Waals surface area contributed by atoms with Crippen molar-refractivity contribution < 1.29 is 27.5 Å². The maximum atomic E-state index is 11.7. The third-order valence-corrected chi connectivity index (χ3v) is 4.14. The lowest BCUT2D eigenvalue weighted by molar-refractivity contribution is -0.117. The molecule has 1 aromatic rings. The standard InChI is InChI=1S/C8H9BrN2O6S/c9-7-5(3-4(17-7)8(13)14)18(15,16)11-2-1-6(10)12/h3,11H,1-2H2,(H2,10,12)(H,13,14). The number of hydrogen-bond donors (Lipinski definition) is 3. The number of carboxylic acids is 1. The second-order valence-corrected chi connectivity index (χ2v) is 5.62. The Morgan fingerprint density at radius 2 is 2.11 bits per heavy atom. The van der Waals surface area contributed by atoms with Crippen molar-refractivity contribution in [2.45, 2.75) is 11.3 Å². The van der Waals surface area contributed by atoms with E-state index in [0.717, 1.165) is 6.07 Å². The molecule has 0 aliphatic carbocycles. The third-order valence-electron chi connectivity index (χ3n) is 1.82. The molecule has 8 nitrogen and oxygen atoms in total. The number of halogens is 1. The highest BCUT2D eigenvalue weighted by Gasteiger charge is 2.24. The summed E-state index contributed by atoms with van der Waals surface area (Å²) in [5.41, 5.74) is 4.85. The van der Waals surface area contributed by atoms with Crippen LogP contribution in [0.15, 0.2) is 20.0 Å². The average molecular weight is 341 g/mol. The fourth-order valence-corrected chi connectivity index (χ4v) is 3.00. The Balaban J connectivity index is 2.91. The van der Waals surface area contributed by atoms with Crippen molar-refractivity contribution in [2.24, 2.45) is 5.73 Å². The first-order chi connectivity index (χ1) is 8.24. The Hall–Kier alpha value is -1.39. The van der Waals surface area contributed by atoms with Gasteiger partial charge >= 0.3 is 5.97 Å². The van der Waals surface area contributed by atoms with Gasteiger partial charge in [-0.15, -0.1) is 0 Å². The molecule has 1 amide bonds. The van der Waals surface area contributed by atoms with Gasteiger partial charge in [0.25, 0.3) is 0 Å². The van der Waals surface area contributed by atoms with Crippen molar-refractivity contribution in [1.29, 1.82) is 0 Å². The van der Waals surface area contributed by atoms with Crippen molar-refractivity contribution in [1.82, 2.24) is 4.72 Å². The molecule has 0 unspecified atom stereocenters. The quantitative estimate of drug-likeness (QED) is 0.660. The van der Waals surface area contributed by atoms with Crippen molar-refractivity contribution >= 4 is 37.8 Å². The first-order valence-corrected chi connectivity index (χ1v) is 6.82. The van der Waals surface area contributed by atoms with E-state index in [4.69, 9.17) is 15.3 Å². The smallest absolute Gasteiger partial charge is 0.371 e. The number of carboxylic acid groups (broad SMARTS) is 1. The number of carbonyl (C=O) groups excluding carboxylic acids is 1. The van der Waals surface area contributed by atoms with Crippen LogP contribution in [-0.2, 0) is 14.8 Å². The minimum Gasteiger partial charge on any atom is -0.475 e. The predicted molar refractivity (Wildman–Crippen MR) is 62.4 cm³/mol. The van der Waals surface area contributed by atoms with Crippen molar-refractivity contribution in [3.05, 3.63) is 16.5 Å². The molecular weight excluding hydrogens is 332 g/mol. The lowest BCUT2D eigenvalue weighted by atomic mass is 10.4. The number of amides is 1. The molecule has 0 spiro atoms. The third kappa shape index (κ3) is 3.55. The van der Waals surface area contributed by atoms with Crippen LogP contribution in [0.2, 0.25) is 0 Å². The Morgan fingerprint density at radius 1 is 1.50 bits per heavy atom. The lowest BCUT2D eigenvalue weighted by Gasteiger charge is -2.02. The van der Waals surface area contributed by atoms with E-state index in [1.807, 2.05) is 0 Å². The topological polar surface area (TPSA) is 140 Å². The number of carbonyl (C=O) groups is 2. The van der Waals surface area contributed by atoms with Crippen LogP contribution in [0.5, 0.6) is 0 Å². The summed E-state index contributed by atoms with van der Waals surface area (Å²) in [4.78, 5) is 20.7. The SMILES string of the molecule is NC(=O)CCNS(=O)(=O)c1cc(C(=O)O)oc1Br. The van der Waals surface area contributed by atoms with E-state index in [1.54, 1.807) is 0 Å². The van der Waals surface area contributed by atoms with Crippen LogP contribution in [0, 0.1) is 0 Å². The Bertz CT molecular complexity index is 578. The van der Waals surface area contributed by atoms with E-state index in [2.05, 4.69) is 20.7 Å². The first kappa shape index (κ1) is 14.7. The molecular formula is C8H9BrN2O6S. The van der Waals surface area contributed by atoms with Gasteiger partial charge in [0.05, 0.1) is 0 Å². The number of sulfonamides is 1. The zero-order valence-corrected chi connectivity index (χ0v) is 11.2. The number of primary amides is 1. The molecule has 0 aliphatic heterocycles. The summed E-state index contributed by atoms with van der Waals surface area (Å²) in [6.45, 7) is -0.183. The summed E-state index contributed by atoms with van der Waals surface area (Å²) in [7, 11) is -3.96. The van der Waals surface area contributed by atoms with Crippen LogP contribution < -0.4 is 10.5 Å². The zero-order chi connectivity index (χ0) is 13.9. The van der Waals surface area contributed by atoms with Crippen LogP contribution in [0.25, 0.3) is 0 Å². The maximum Gasteiger partial charge on any atom is 0.371 e. The van der Waals surface area contributed by atoms with E-state index < -0.39 is 27.7 Å². The van der Waals surface area contributed by atoms with Crippen LogP contribution >= 0.6 is 15.9 Å². The molecule has 1 aromatic heterocycles. The Kier molecular flexibility index (Phi) is 4.48. The summed E-state index contributed by atoms with van der Waals surface area (Å²) < 4.78 is 30.0. The zero-order valence-electron chi connectivity index (χ0n) is 8.84. The molecule has 0 aliphatic rings. The minimum atomic E-state index is -3.96. The molecule has 0 aromatic carbocycles. The van der Waals surface area contributed by atoms with Gasteiger partial charge < -0.3 is 15.3 Å². The van der Waals surface area contributed by atoms with Crippen molar-refractivity contribution in [2.75, 3.05) is 6.54 Å². The molecule has 0 radical (unpaired) electrons. The van der Waals surface area contributed by atoms with Crippen LogP contribution in [0.1, 0.15) is 17.0 Å². The highest BCUT2D eigenvalue weighted by molar-refractivity contribution is 9.10. The summed E-state index contributed by atoms with van der Waals surface area (Å²) in [5.74, 6) is -2.57. The summed E-state index contributed by atoms with van der Waals surface area (Å²) in [5, 5.41) is 8.65. The van der Waals surface area contributed by atoms with E-state index in [1.165, 1.54) is 0 Å². The molecule has 0 atom stereocenters. The molecule has 1 heterocycles. The highest BCUT2D eigenvalue weighted by Crippen LogP contribution is 2.25. The molecule has 0 fully saturated rings.